The van der Waals surface area contributed by atoms with Crippen LogP contribution in [0.3, 0.4) is 0 Å². The minimum Gasteiger partial charge on any atom is -0.338 e. The van der Waals surface area contributed by atoms with Crippen LogP contribution >= 0.6 is 11.8 Å². The predicted molar refractivity (Wildman–Crippen MR) is 86.7 cm³/mol. The summed E-state index contributed by atoms with van der Waals surface area (Å²) in [6.07, 6.45) is 3.40. The van der Waals surface area contributed by atoms with Crippen molar-refractivity contribution in [2.45, 2.75) is 10.9 Å². The molecule has 0 aliphatic rings. The summed E-state index contributed by atoms with van der Waals surface area (Å²) in [6.45, 7) is 0. The Balaban J connectivity index is 1.49. The van der Waals surface area contributed by atoms with Gasteiger partial charge in [0.15, 0.2) is 0 Å². The van der Waals surface area contributed by atoms with Gasteiger partial charge in [-0.05, 0) is 6.07 Å². The third-order valence-electron chi connectivity index (χ3n) is 3.21. The highest BCUT2D eigenvalue weighted by Crippen LogP contribution is 2.24. The quantitative estimate of drug-likeness (QED) is 0.301. The van der Waals surface area contributed by atoms with Gasteiger partial charge in [-0.2, -0.15) is 9.97 Å². The molecule has 0 radical (unpaired) electrons. The maximum absolute atomic E-state index is 10.8. The Kier molecular flexibility index (Phi) is 3.82. The number of nitro groups is 1. The highest BCUT2D eigenvalue weighted by atomic mass is 32.2. The first-order valence-corrected chi connectivity index (χ1v) is 8.05. The van der Waals surface area contributed by atoms with Crippen molar-refractivity contribution in [3.05, 3.63) is 58.7 Å². The van der Waals surface area contributed by atoms with E-state index in [2.05, 4.69) is 25.2 Å². The molecule has 0 aliphatic heterocycles. The lowest BCUT2D eigenvalue weighted by Gasteiger charge is -1.94. The average Bonchev–Trinajstić information content (AvgIpc) is 3.26. The van der Waals surface area contributed by atoms with E-state index in [1.54, 1.807) is 35.1 Å². The predicted octanol–water partition coefficient (Wildman–Crippen LogP) is 2.37. The number of aromatic nitrogens is 6. The van der Waals surface area contributed by atoms with E-state index in [9.17, 15) is 10.1 Å². The summed E-state index contributed by atoms with van der Waals surface area (Å²) in [7, 11) is 0. The molecule has 0 amide bonds. The number of nitrogens with zero attached hydrogens (tertiary/aromatic N) is 7. The van der Waals surface area contributed by atoms with E-state index < -0.39 is 4.92 Å². The van der Waals surface area contributed by atoms with Gasteiger partial charge in [0.25, 0.3) is 11.5 Å². The minimum absolute atomic E-state index is 0.0281. The van der Waals surface area contributed by atoms with Crippen molar-refractivity contribution in [3.63, 3.8) is 0 Å². The molecule has 10 nitrogen and oxygen atoms in total. The second kappa shape index (κ2) is 6.28. The van der Waals surface area contributed by atoms with Crippen LogP contribution in [0, 0.1) is 10.1 Å². The molecule has 0 fully saturated rings. The molecule has 0 N–H and O–H groups in total. The molecular weight excluding hydrogens is 346 g/mol. The van der Waals surface area contributed by atoms with Gasteiger partial charge < -0.3 is 4.52 Å². The minimum atomic E-state index is -0.469. The molecule has 0 atom stereocenters. The molecule has 0 aliphatic carbocycles. The fourth-order valence-electron chi connectivity index (χ4n) is 2.09. The van der Waals surface area contributed by atoms with Crippen LogP contribution in [0.25, 0.3) is 17.2 Å². The van der Waals surface area contributed by atoms with Crippen molar-refractivity contribution in [2.24, 2.45) is 0 Å². The van der Waals surface area contributed by atoms with Crippen LogP contribution in [0.5, 0.6) is 0 Å². The van der Waals surface area contributed by atoms with E-state index in [0.717, 1.165) is 0 Å². The summed E-state index contributed by atoms with van der Waals surface area (Å²) in [5.41, 5.74) is 0.490. The number of non-ortho nitro benzene ring substituents is 1. The molecule has 0 unspecified atom stereocenters. The van der Waals surface area contributed by atoms with E-state index in [1.165, 1.54) is 23.9 Å². The SMILES string of the molecule is O=[N+]([O-])c1cccc(-c2noc(CSc3nc4ncccn4n3)n2)c1. The lowest BCUT2D eigenvalue weighted by molar-refractivity contribution is -0.384. The molecule has 1 aromatic carbocycles. The Morgan fingerprint density at radius 2 is 2.20 bits per heavy atom. The number of benzene rings is 1. The van der Waals surface area contributed by atoms with Crippen LogP contribution < -0.4 is 0 Å². The fourth-order valence-corrected chi connectivity index (χ4v) is 2.75. The molecule has 3 heterocycles. The molecule has 3 aromatic heterocycles. The van der Waals surface area contributed by atoms with Gasteiger partial charge in [0.2, 0.25) is 16.9 Å². The zero-order chi connectivity index (χ0) is 17.2. The van der Waals surface area contributed by atoms with Crippen LogP contribution in [0.4, 0.5) is 5.69 Å². The first-order chi connectivity index (χ1) is 12.2. The van der Waals surface area contributed by atoms with Gasteiger partial charge in [0, 0.05) is 30.1 Å². The number of hydrogen-bond donors (Lipinski definition) is 0. The summed E-state index contributed by atoms with van der Waals surface area (Å²) in [6, 6.07) is 7.83. The first-order valence-electron chi connectivity index (χ1n) is 7.07. The molecule has 4 rings (SSSR count). The maximum Gasteiger partial charge on any atom is 0.270 e. The van der Waals surface area contributed by atoms with Crippen LogP contribution in [-0.2, 0) is 5.75 Å². The summed E-state index contributed by atoms with van der Waals surface area (Å²) in [5, 5.41) is 19.5. The van der Waals surface area contributed by atoms with E-state index >= 15 is 0 Å². The molecule has 0 saturated heterocycles. The van der Waals surface area contributed by atoms with E-state index in [1.807, 2.05) is 0 Å². The number of thioether (sulfide) groups is 1. The van der Waals surface area contributed by atoms with Crippen LogP contribution in [-0.4, -0.2) is 34.6 Å². The summed E-state index contributed by atoms with van der Waals surface area (Å²) in [4.78, 5) is 23.0. The van der Waals surface area contributed by atoms with Crippen molar-refractivity contribution in [1.29, 1.82) is 0 Å². The van der Waals surface area contributed by atoms with Gasteiger partial charge in [-0.15, -0.1) is 5.10 Å². The van der Waals surface area contributed by atoms with E-state index in [4.69, 9.17) is 4.52 Å². The Labute approximate surface area is 144 Å². The smallest absolute Gasteiger partial charge is 0.270 e. The number of fused-ring (bicyclic) bond motifs is 1. The molecule has 4 aromatic rings. The monoisotopic (exact) mass is 355 g/mol. The fraction of sp³-hybridized carbons (Fsp3) is 0.0714. The molecule has 25 heavy (non-hydrogen) atoms. The zero-order valence-electron chi connectivity index (χ0n) is 12.5. The molecule has 124 valence electrons. The highest BCUT2D eigenvalue weighted by Gasteiger charge is 2.14. The normalized spacial score (nSPS) is 11.0. The molecule has 11 heteroatoms. The Morgan fingerprint density at radius 1 is 1.28 bits per heavy atom. The lowest BCUT2D eigenvalue weighted by Crippen LogP contribution is -1.89. The highest BCUT2D eigenvalue weighted by molar-refractivity contribution is 7.98. The zero-order valence-corrected chi connectivity index (χ0v) is 13.3. The van der Waals surface area contributed by atoms with E-state index in [0.29, 0.717) is 34.0 Å². The van der Waals surface area contributed by atoms with Crippen LogP contribution in [0.2, 0.25) is 0 Å². The first kappa shape index (κ1) is 15.2. The third-order valence-corrected chi connectivity index (χ3v) is 4.03. The summed E-state index contributed by atoms with van der Waals surface area (Å²) < 4.78 is 6.76. The molecule has 0 bridgehead atoms. The average molecular weight is 355 g/mol. The maximum atomic E-state index is 10.8. The van der Waals surface area contributed by atoms with Crippen LogP contribution in [0.15, 0.2) is 52.4 Å². The van der Waals surface area contributed by atoms with Gasteiger partial charge in [0.05, 0.1) is 10.7 Å². The third kappa shape index (κ3) is 3.17. The van der Waals surface area contributed by atoms with Gasteiger partial charge in [-0.1, -0.05) is 29.1 Å². The Morgan fingerprint density at radius 3 is 3.04 bits per heavy atom. The standard InChI is InChI=1S/C14H9N7O3S/c22-21(23)10-4-1-3-9(7-10)12-16-11(24-19-12)8-25-14-17-13-15-5-2-6-20(13)18-14/h1-7H,8H2. The second-order valence-corrected chi connectivity index (χ2v) is 5.81. The number of hydrogen-bond acceptors (Lipinski definition) is 9. The van der Waals surface area contributed by atoms with Gasteiger partial charge >= 0.3 is 0 Å². The largest absolute Gasteiger partial charge is 0.338 e. The molecule has 0 saturated carbocycles. The van der Waals surface area contributed by atoms with Gasteiger partial charge in [-0.3, -0.25) is 10.1 Å². The van der Waals surface area contributed by atoms with E-state index in [-0.39, 0.29) is 5.69 Å². The van der Waals surface area contributed by atoms with Crippen LogP contribution in [0.1, 0.15) is 5.89 Å². The molecule has 0 spiro atoms. The topological polar surface area (TPSA) is 125 Å². The lowest BCUT2D eigenvalue weighted by atomic mass is 10.2. The Bertz CT molecular complexity index is 1030. The van der Waals surface area contributed by atoms with Crippen molar-refractivity contribution in [2.75, 3.05) is 0 Å². The summed E-state index contributed by atoms with van der Waals surface area (Å²) >= 11 is 1.33. The van der Waals surface area contributed by atoms with Gasteiger partial charge in [0.1, 0.15) is 0 Å². The van der Waals surface area contributed by atoms with Crippen molar-refractivity contribution >= 4 is 23.2 Å². The second-order valence-electron chi connectivity index (χ2n) is 4.87. The number of rotatable bonds is 5. The molecular formula is C14H9N7O3S. The summed E-state index contributed by atoms with van der Waals surface area (Å²) in [5.74, 6) is 1.55. The Hall–Kier alpha value is -3.34. The van der Waals surface area contributed by atoms with Crippen molar-refractivity contribution in [3.8, 4) is 11.4 Å². The number of nitro benzene ring substituents is 1. The van der Waals surface area contributed by atoms with Crippen molar-refractivity contribution in [1.82, 2.24) is 29.7 Å². The van der Waals surface area contributed by atoms with Gasteiger partial charge in [-0.25, -0.2) is 9.50 Å². The van der Waals surface area contributed by atoms with Crippen molar-refractivity contribution < 1.29 is 9.45 Å².